The first-order valence-electron chi connectivity index (χ1n) is 19.7. The van der Waals surface area contributed by atoms with Crippen molar-refractivity contribution in [2.45, 2.75) is 194 Å². The molecule has 0 bridgehead atoms. The van der Waals surface area contributed by atoms with Crippen molar-refractivity contribution in [3.63, 3.8) is 0 Å². The molecule has 0 aliphatic heterocycles. The summed E-state index contributed by atoms with van der Waals surface area (Å²) in [4.78, 5) is 23.7. The van der Waals surface area contributed by atoms with Gasteiger partial charge >= 0.3 is 11.9 Å². The first-order chi connectivity index (χ1) is 22.7. The van der Waals surface area contributed by atoms with Gasteiger partial charge in [0.1, 0.15) is 0 Å². The standard InChI is InChI=1S/C42H74O4/c1-3-5-7-9-11-13-15-17-19-21-23-25-27-29-31-35-39-45-41(43)37-33-34-38-42(44)46-40-36-32-30-28-26-24-22-20-18-16-14-12-10-8-6-4-2/h17-20,33-34,37-38H,3-16,21-32,35-36,39-40H2,1-2H3/b19-17-,20-18-,37-33+,38-34+. The SMILES string of the molecule is CCCCCCCC/C=C\CCCCCCCCOC(=O)/C=C/C=C/C(=O)OCCCCCCCC/C=C\CCCCCCCC. The van der Waals surface area contributed by atoms with Crippen molar-refractivity contribution in [2.24, 2.45) is 0 Å². The molecular weight excluding hydrogens is 568 g/mol. The Kier molecular flexibility index (Phi) is 37.3. The smallest absolute Gasteiger partial charge is 0.330 e. The molecule has 0 N–H and O–H groups in total. The van der Waals surface area contributed by atoms with Crippen molar-refractivity contribution in [3.8, 4) is 0 Å². The van der Waals surface area contributed by atoms with Crippen LogP contribution >= 0.6 is 0 Å². The largest absolute Gasteiger partial charge is 0.463 e. The van der Waals surface area contributed by atoms with Crippen molar-refractivity contribution in [1.29, 1.82) is 0 Å². The number of hydrogen-bond donors (Lipinski definition) is 0. The van der Waals surface area contributed by atoms with Crippen LogP contribution in [0.1, 0.15) is 194 Å². The van der Waals surface area contributed by atoms with Crippen LogP contribution in [0.5, 0.6) is 0 Å². The summed E-state index contributed by atoms with van der Waals surface area (Å²) in [5, 5.41) is 0. The summed E-state index contributed by atoms with van der Waals surface area (Å²) in [5.74, 6) is -0.732. The average molecular weight is 643 g/mol. The van der Waals surface area contributed by atoms with Gasteiger partial charge in [0.25, 0.3) is 0 Å². The molecule has 266 valence electrons. The zero-order valence-corrected chi connectivity index (χ0v) is 30.5. The van der Waals surface area contributed by atoms with Crippen LogP contribution in [0.2, 0.25) is 0 Å². The maximum absolute atomic E-state index is 11.8. The highest BCUT2D eigenvalue weighted by molar-refractivity contribution is 5.84. The lowest BCUT2D eigenvalue weighted by molar-refractivity contribution is -0.138. The Bertz CT molecular complexity index is 700. The summed E-state index contributed by atoms with van der Waals surface area (Å²) in [6.45, 7) is 5.44. The molecule has 0 aromatic carbocycles. The highest BCUT2D eigenvalue weighted by Crippen LogP contribution is 2.11. The minimum Gasteiger partial charge on any atom is -0.463 e. The number of unbranched alkanes of at least 4 members (excludes halogenated alkanes) is 24. The number of allylic oxidation sites excluding steroid dienone is 6. The van der Waals surface area contributed by atoms with Crippen molar-refractivity contribution >= 4 is 11.9 Å². The molecule has 46 heavy (non-hydrogen) atoms. The zero-order chi connectivity index (χ0) is 33.4. The topological polar surface area (TPSA) is 52.6 Å². The normalized spacial score (nSPS) is 12.0. The molecule has 0 saturated heterocycles. The van der Waals surface area contributed by atoms with Gasteiger partial charge in [-0.1, -0.05) is 166 Å². The number of ether oxygens (including phenoxy) is 2. The third-order valence-electron chi connectivity index (χ3n) is 8.38. The van der Waals surface area contributed by atoms with E-state index in [9.17, 15) is 9.59 Å². The summed E-state index contributed by atoms with van der Waals surface area (Å²) in [5.41, 5.74) is 0. The molecule has 0 aliphatic carbocycles. The van der Waals surface area contributed by atoms with E-state index in [0.29, 0.717) is 13.2 Å². The van der Waals surface area contributed by atoms with Gasteiger partial charge in [-0.05, 0) is 64.2 Å². The predicted molar refractivity (Wildman–Crippen MR) is 199 cm³/mol. The Balaban J connectivity index is 3.45. The van der Waals surface area contributed by atoms with Crippen LogP contribution < -0.4 is 0 Å². The second-order valence-electron chi connectivity index (χ2n) is 12.9. The predicted octanol–water partition coefficient (Wildman–Crippen LogP) is 13.3. The van der Waals surface area contributed by atoms with Crippen molar-refractivity contribution in [3.05, 3.63) is 48.6 Å². The minimum absolute atomic E-state index is 0.366. The molecule has 0 aromatic heterocycles. The van der Waals surface area contributed by atoms with Crippen LogP contribution in [-0.2, 0) is 19.1 Å². The quantitative estimate of drug-likeness (QED) is 0.0227. The summed E-state index contributed by atoms with van der Waals surface area (Å²) in [7, 11) is 0. The van der Waals surface area contributed by atoms with Gasteiger partial charge in [-0.15, -0.1) is 0 Å². The zero-order valence-electron chi connectivity index (χ0n) is 30.5. The van der Waals surface area contributed by atoms with E-state index in [1.165, 1.54) is 178 Å². The highest BCUT2D eigenvalue weighted by atomic mass is 16.5. The van der Waals surface area contributed by atoms with Crippen LogP contribution in [-0.4, -0.2) is 25.2 Å². The van der Waals surface area contributed by atoms with E-state index in [0.717, 1.165) is 25.7 Å². The number of esters is 2. The van der Waals surface area contributed by atoms with Gasteiger partial charge in [-0.2, -0.15) is 0 Å². The fourth-order valence-electron chi connectivity index (χ4n) is 5.41. The van der Waals surface area contributed by atoms with Gasteiger partial charge in [0, 0.05) is 12.2 Å². The first-order valence-corrected chi connectivity index (χ1v) is 19.7. The summed E-state index contributed by atoms with van der Waals surface area (Å²) < 4.78 is 10.5. The fraction of sp³-hybridized carbons (Fsp3) is 0.762. The van der Waals surface area contributed by atoms with E-state index in [4.69, 9.17) is 9.47 Å². The molecule has 0 radical (unpaired) electrons. The molecular formula is C42H74O4. The molecule has 0 spiro atoms. The molecule has 0 saturated carbocycles. The Morgan fingerprint density at radius 1 is 0.370 bits per heavy atom. The van der Waals surface area contributed by atoms with E-state index >= 15 is 0 Å². The van der Waals surface area contributed by atoms with Crippen molar-refractivity contribution < 1.29 is 19.1 Å². The number of carbonyl (C=O) groups is 2. The summed E-state index contributed by atoms with van der Waals surface area (Å²) >= 11 is 0. The van der Waals surface area contributed by atoms with E-state index in [-0.39, 0.29) is 11.9 Å². The Hall–Kier alpha value is -2.10. The molecule has 0 heterocycles. The van der Waals surface area contributed by atoms with E-state index in [2.05, 4.69) is 38.2 Å². The molecule has 0 unspecified atom stereocenters. The van der Waals surface area contributed by atoms with Crippen molar-refractivity contribution in [1.82, 2.24) is 0 Å². The van der Waals surface area contributed by atoms with Crippen LogP contribution in [0.15, 0.2) is 48.6 Å². The number of hydrogen-bond acceptors (Lipinski definition) is 4. The summed E-state index contributed by atoms with van der Waals surface area (Å²) in [6.07, 6.45) is 50.5. The minimum atomic E-state index is -0.366. The van der Waals surface area contributed by atoms with Gasteiger partial charge in [-0.25, -0.2) is 9.59 Å². The van der Waals surface area contributed by atoms with Gasteiger partial charge < -0.3 is 9.47 Å². The second kappa shape index (κ2) is 39.1. The molecule has 0 fully saturated rings. The lowest BCUT2D eigenvalue weighted by Crippen LogP contribution is -2.03. The maximum Gasteiger partial charge on any atom is 0.330 e. The molecule has 0 aliphatic rings. The fourth-order valence-corrected chi connectivity index (χ4v) is 5.41. The number of rotatable bonds is 35. The van der Waals surface area contributed by atoms with E-state index in [1.54, 1.807) is 0 Å². The average Bonchev–Trinajstić information content (AvgIpc) is 3.06. The van der Waals surface area contributed by atoms with Gasteiger partial charge in [0.05, 0.1) is 13.2 Å². The van der Waals surface area contributed by atoms with Crippen LogP contribution in [0, 0.1) is 0 Å². The van der Waals surface area contributed by atoms with Gasteiger partial charge in [0.15, 0.2) is 0 Å². The Morgan fingerprint density at radius 3 is 0.935 bits per heavy atom. The first kappa shape index (κ1) is 43.9. The molecule has 0 amide bonds. The molecule has 4 nitrogen and oxygen atoms in total. The van der Waals surface area contributed by atoms with Gasteiger partial charge in [0.2, 0.25) is 0 Å². The lowest BCUT2D eigenvalue weighted by Gasteiger charge is -2.03. The molecule has 0 aromatic rings. The van der Waals surface area contributed by atoms with E-state index in [1.807, 2.05) is 0 Å². The lowest BCUT2D eigenvalue weighted by atomic mass is 10.1. The van der Waals surface area contributed by atoms with Crippen molar-refractivity contribution in [2.75, 3.05) is 13.2 Å². The number of carbonyl (C=O) groups excluding carboxylic acids is 2. The maximum atomic E-state index is 11.8. The third-order valence-corrected chi connectivity index (χ3v) is 8.38. The van der Waals surface area contributed by atoms with Crippen LogP contribution in [0.25, 0.3) is 0 Å². The monoisotopic (exact) mass is 643 g/mol. The Labute approximate surface area is 285 Å². The highest BCUT2D eigenvalue weighted by Gasteiger charge is 1.99. The van der Waals surface area contributed by atoms with Crippen LogP contribution in [0.4, 0.5) is 0 Å². The molecule has 0 rings (SSSR count). The molecule has 0 atom stereocenters. The van der Waals surface area contributed by atoms with Crippen LogP contribution in [0.3, 0.4) is 0 Å². The summed E-state index contributed by atoms with van der Waals surface area (Å²) in [6, 6.07) is 0. The molecule has 4 heteroatoms. The van der Waals surface area contributed by atoms with E-state index < -0.39 is 0 Å². The third kappa shape index (κ3) is 38.1. The Morgan fingerprint density at radius 2 is 0.630 bits per heavy atom. The second-order valence-corrected chi connectivity index (χ2v) is 12.9. The van der Waals surface area contributed by atoms with Gasteiger partial charge in [-0.3, -0.25) is 0 Å².